The van der Waals surface area contributed by atoms with Crippen LogP contribution in [0.2, 0.25) is 0 Å². The summed E-state index contributed by atoms with van der Waals surface area (Å²) in [6, 6.07) is 6.20. The molecule has 1 aromatic heterocycles. The van der Waals surface area contributed by atoms with Crippen molar-refractivity contribution in [3.05, 3.63) is 30.0 Å². The minimum Gasteiger partial charge on any atom is -0.497 e. The second kappa shape index (κ2) is 3.95. The summed E-state index contributed by atoms with van der Waals surface area (Å²) < 4.78 is 5.21. The number of methoxy groups -OCH3 is 1. The van der Waals surface area contributed by atoms with Crippen LogP contribution in [0.3, 0.4) is 0 Å². The quantitative estimate of drug-likeness (QED) is 0.804. The number of nitrogens with one attached hydrogen (secondary N) is 1. The molecular weight excluding hydrogens is 188 g/mol. The molecule has 0 saturated carbocycles. The van der Waals surface area contributed by atoms with Crippen molar-refractivity contribution < 1.29 is 4.74 Å². The van der Waals surface area contributed by atoms with Crippen LogP contribution in [-0.4, -0.2) is 18.1 Å². The smallest absolute Gasteiger partial charge is 0.119 e. The summed E-state index contributed by atoms with van der Waals surface area (Å²) in [5, 5.41) is 1.20. The van der Waals surface area contributed by atoms with Gasteiger partial charge in [-0.3, -0.25) is 0 Å². The predicted molar refractivity (Wildman–Crippen MR) is 62.2 cm³/mol. The summed E-state index contributed by atoms with van der Waals surface area (Å²) in [6.45, 7) is 2.01. The van der Waals surface area contributed by atoms with E-state index >= 15 is 0 Å². The van der Waals surface area contributed by atoms with E-state index in [9.17, 15) is 0 Å². The molecule has 3 nitrogen and oxygen atoms in total. The summed E-state index contributed by atoms with van der Waals surface area (Å²) >= 11 is 0. The topological polar surface area (TPSA) is 51.0 Å². The highest BCUT2D eigenvalue weighted by atomic mass is 16.5. The molecule has 0 bridgehead atoms. The van der Waals surface area contributed by atoms with Crippen LogP contribution in [0.5, 0.6) is 5.75 Å². The van der Waals surface area contributed by atoms with Gasteiger partial charge in [0.05, 0.1) is 7.11 Å². The third-order valence-corrected chi connectivity index (χ3v) is 2.52. The lowest BCUT2D eigenvalue weighted by Gasteiger charge is -2.04. The van der Waals surface area contributed by atoms with Crippen LogP contribution in [0.4, 0.5) is 0 Å². The molecular formula is C12H16N2O. The molecule has 0 aliphatic heterocycles. The number of ether oxygens (including phenoxy) is 1. The molecule has 15 heavy (non-hydrogen) atoms. The molecule has 0 saturated heterocycles. The lowest BCUT2D eigenvalue weighted by Crippen LogP contribution is -2.17. The van der Waals surface area contributed by atoms with Crippen LogP contribution >= 0.6 is 0 Å². The van der Waals surface area contributed by atoms with E-state index in [1.54, 1.807) is 7.11 Å². The maximum Gasteiger partial charge on any atom is 0.119 e. The Morgan fingerprint density at radius 2 is 2.27 bits per heavy atom. The standard InChI is InChI=1S/C12H16N2O/c1-8(13)5-9-7-14-12-4-3-10(15-2)6-11(9)12/h3-4,6-8,14H,5,13H2,1-2H3/t8-/m0/s1. The lowest BCUT2D eigenvalue weighted by molar-refractivity contribution is 0.415. The van der Waals surface area contributed by atoms with Crippen LogP contribution in [-0.2, 0) is 6.42 Å². The van der Waals surface area contributed by atoms with Gasteiger partial charge in [0, 0.05) is 23.1 Å². The number of nitrogens with two attached hydrogens (primary N) is 1. The summed E-state index contributed by atoms with van der Waals surface area (Å²) in [5.41, 5.74) is 8.18. The van der Waals surface area contributed by atoms with Crippen molar-refractivity contribution in [2.45, 2.75) is 19.4 Å². The van der Waals surface area contributed by atoms with E-state index in [0.29, 0.717) is 0 Å². The van der Waals surface area contributed by atoms with Gasteiger partial charge in [-0.25, -0.2) is 0 Å². The second-order valence-corrected chi connectivity index (χ2v) is 3.91. The van der Waals surface area contributed by atoms with Gasteiger partial charge in [-0.1, -0.05) is 0 Å². The fourth-order valence-corrected chi connectivity index (χ4v) is 1.80. The van der Waals surface area contributed by atoms with Crippen molar-refractivity contribution in [2.75, 3.05) is 7.11 Å². The molecule has 0 aliphatic carbocycles. The Balaban J connectivity index is 2.46. The van der Waals surface area contributed by atoms with E-state index in [-0.39, 0.29) is 6.04 Å². The number of rotatable bonds is 3. The molecule has 1 heterocycles. The maximum absolute atomic E-state index is 5.80. The Labute approximate surface area is 89.2 Å². The molecule has 0 unspecified atom stereocenters. The van der Waals surface area contributed by atoms with Gasteiger partial charge in [-0.15, -0.1) is 0 Å². The number of H-pyrrole nitrogens is 1. The van der Waals surface area contributed by atoms with Crippen molar-refractivity contribution in [3.8, 4) is 5.75 Å². The van der Waals surface area contributed by atoms with E-state index in [4.69, 9.17) is 10.5 Å². The Morgan fingerprint density at radius 1 is 1.47 bits per heavy atom. The minimum atomic E-state index is 0.176. The van der Waals surface area contributed by atoms with Gasteiger partial charge in [-0.2, -0.15) is 0 Å². The van der Waals surface area contributed by atoms with Gasteiger partial charge in [0.15, 0.2) is 0 Å². The summed E-state index contributed by atoms with van der Waals surface area (Å²) in [7, 11) is 1.68. The van der Waals surface area contributed by atoms with Crippen LogP contribution in [0.15, 0.2) is 24.4 Å². The van der Waals surface area contributed by atoms with Crippen molar-refractivity contribution in [1.82, 2.24) is 4.98 Å². The Bertz CT molecular complexity index is 460. The fourth-order valence-electron chi connectivity index (χ4n) is 1.80. The lowest BCUT2D eigenvalue weighted by atomic mass is 10.1. The average Bonchev–Trinajstić information content (AvgIpc) is 2.60. The summed E-state index contributed by atoms with van der Waals surface area (Å²) in [6.07, 6.45) is 2.90. The van der Waals surface area contributed by atoms with E-state index in [1.807, 2.05) is 31.3 Å². The van der Waals surface area contributed by atoms with E-state index in [0.717, 1.165) is 17.7 Å². The summed E-state index contributed by atoms with van der Waals surface area (Å²) in [5.74, 6) is 0.882. The first-order valence-electron chi connectivity index (χ1n) is 5.10. The van der Waals surface area contributed by atoms with Crippen molar-refractivity contribution in [1.29, 1.82) is 0 Å². The number of aromatic amines is 1. The highest BCUT2D eigenvalue weighted by molar-refractivity contribution is 5.84. The second-order valence-electron chi connectivity index (χ2n) is 3.91. The summed E-state index contributed by atoms with van der Waals surface area (Å²) in [4.78, 5) is 3.23. The molecule has 3 heteroatoms. The molecule has 2 rings (SSSR count). The molecule has 0 fully saturated rings. The SMILES string of the molecule is COc1ccc2[nH]cc(C[C@H](C)N)c2c1. The Hall–Kier alpha value is -1.48. The molecule has 1 atom stereocenters. The third kappa shape index (κ3) is 1.97. The first-order valence-corrected chi connectivity index (χ1v) is 5.10. The molecule has 3 N–H and O–H groups in total. The van der Waals surface area contributed by atoms with Crippen molar-refractivity contribution in [2.24, 2.45) is 5.73 Å². The number of fused-ring (bicyclic) bond motifs is 1. The van der Waals surface area contributed by atoms with E-state index in [1.165, 1.54) is 10.9 Å². The van der Waals surface area contributed by atoms with Gasteiger partial charge in [0.25, 0.3) is 0 Å². The van der Waals surface area contributed by atoms with Crippen LogP contribution in [0.25, 0.3) is 10.9 Å². The highest BCUT2D eigenvalue weighted by Gasteiger charge is 2.06. The molecule has 0 spiro atoms. The minimum absolute atomic E-state index is 0.176. The number of hydrogen-bond donors (Lipinski definition) is 2. The number of hydrogen-bond acceptors (Lipinski definition) is 2. The normalized spacial score (nSPS) is 13.0. The molecule has 0 aliphatic rings. The zero-order valence-corrected chi connectivity index (χ0v) is 9.08. The first kappa shape index (κ1) is 10.1. The van der Waals surface area contributed by atoms with E-state index < -0.39 is 0 Å². The van der Waals surface area contributed by atoms with Gasteiger partial charge < -0.3 is 15.5 Å². The number of aromatic nitrogens is 1. The Kier molecular flexibility index (Phi) is 2.64. The fraction of sp³-hybridized carbons (Fsp3) is 0.333. The largest absolute Gasteiger partial charge is 0.497 e. The molecule has 80 valence electrons. The predicted octanol–water partition coefficient (Wildman–Crippen LogP) is 2.07. The zero-order valence-electron chi connectivity index (χ0n) is 9.08. The van der Waals surface area contributed by atoms with Crippen molar-refractivity contribution in [3.63, 3.8) is 0 Å². The Morgan fingerprint density at radius 3 is 2.93 bits per heavy atom. The van der Waals surface area contributed by atoms with Gasteiger partial charge in [0.2, 0.25) is 0 Å². The monoisotopic (exact) mass is 204 g/mol. The van der Waals surface area contributed by atoms with Gasteiger partial charge in [-0.05, 0) is 37.1 Å². The number of benzene rings is 1. The maximum atomic E-state index is 5.80. The molecule has 0 amide bonds. The van der Waals surface area contributed by atoms with E-state index in [2.05, 4.69) is 4.98 Å². The average molecular weight is 204 g/mol. The molecule has 2 aromatic rings. The van der Waals surface area contributed by atoms with Gasteiger partial charge >= 0.3 is 0 Å². The highest BCUT2D eigenvalue weighted by Crippen LogP contribution is 2.24. The van der Waals surface area contributed by atoms with Crippen molar-refractivity contribution >= 4 is 10.9 Å². The molecule has 1 aromatic carbocycles. The van der Waals surface area contributed by atoms with Gasteiger partial charge in [0.1, 0.15) is 5.75 Å². The zero-order chi connectivity index (χ0) is 10.8. The van der Waals surface area contributed by atoms with Crippen LogP contribution in [0, 0.1) is 0 Å². The molecule has 0 radical (unpaired) electrons. The first-order chi connectivity index (χ1) is 7.20. The van der Waals surface area contributed by atoms with Crippen LogP contribution in [0.1, 0.15) is 12.5 Å². The third-order valence-electron chi connectivity index (χ3n) is 2.52. The van der Waals surface area contributed by atoms with Crippen LogP contribution < -0.4 is 10.5 Å².